The van der Waals surface area contributed by atoms with Crippen LogP contribution in [0.1, 0.15) is 30.9 Å². The standard InChI is InChI=1S/C13H17F3N2O2/c14-13(15,16)20-12-6-2-1-5-10(12)11(18-17)8-9-4-3-7-19-9/h1-2,5-6,9,11,18H,3-4,7-8,17H2. The molecule has 0 aliphatic carbocycles. The summed E-state index contributed by atoms with van der Waals surface area (Å²) in [5.74, 6) is 5.24. The molecule has 4 nitrogen and oxygen atoms in total. The average molecular weight is 290 g/mol. The Kier molecular flexibility index (Phi) is 4.85. The summed E-state index contributed by atoms with van der Waals surface area (Å²) in [5.41, 5.74) is 2.92. The molecule has 112 valence electrons. The Morgan fingerprint density at radius 1 is 1.40 bits per heavy atom. The molecule has 7 heteroatoms. The van der Waals surface area contributed by atoms with E-state index in [1.807, 2.05) is 0 Å². The van der Waals surface area contributed by atoms with Crippen molar-refractivity contribution in [3.05, 3.63) is 29.8 Å². The van der Waals surface area contributed by atoms with Gasteiger partial charge in [-0.05, 0) is 25.3 Å². The summed E-state index contributed by atoms with van der Waals surface area (Å²) < 4.78 is 46.7. The number of hydrogen-bond donors (Lipinski definition) is 2. The molecule has 0 spiro atoms. The van der Waals surface area contributed by atoms with Gasteiger partial charge in [0.25, 0.3) is 0 Å². The van der Waals surface area contributed by atoms with Crippen molar-refractivity contribution in [3.63, 3.8) is 0 Å². The van der Waals surface area contributed by atoms with Gasteiger partial charge in [0.2, 0.25) is 0 Å². The number of para-hydroxylation sites is 1. The minimum Gasteiger partial charge on any atom is -0.405 e. The fourth-order valence-corrected chi connectivity index (χ4v) is 2.36. The van der Waals surface area contributed by atoms with Crippen molar-refractivity contribution >= 4 is 0 Å². The summed E-state index contributed by atoms with van der Waals surface area (Å²) in [5, 5.41) is 0. The third-order valence-corrected chi connectivity index (χ3v) is 3.24. The van der Waals surface area contributed by atoms with Crippen LogP contribution >= 0.6 is 0 Å². The highest BCUT2D eigenvalue weighted by atomic mass is 19.4. The monoisotopic (exact) mass is 290 g/mol. The van der Waals surface area contributed by atoms with Crippen LogP contribution in [-0.2, 0) is 4.74 Å². The predicted octanol–water partition coefficient (Wildman–Crippen LogP) is 2.66. The summed E-state index contributed by atoms with van der Waals surface area (Å²) >= 11 is 0. The van der Waals surface area contributed by atoms with Gasteiger partial charge >= 0.3 is 6.36 Å². The van der Waals surface area contributed by atoms with E-state index < -0.39 is 12.4 Å². The van der Waals surface area contributed by atoms with Crippen LogP contribution in [0.4, 0.5) is 13.2 Å². The number of benzene rings is 1. The van der Waals surface area contributed by atoms with Crippen LogP contribution in [0.25, 0.3) is 0 Å². The van der Waals surface area contributed by atoms with Crippen LogP contribution < -0.4 is 16.0 Å². The van der Waals surface area contributed by atoms with Crippen molar-refractivity contribution in [1.29, 1.82) is 0 Å². The van der Waals surface area contributed by atoms with E-state index in [2.05, 4.69) is 10.2 Å². The number of hydrazine groups is 1. The Morgan fingerprint density at radius 2 is 2.15 bits per heavy atom. The van der Waals surface area contributed by atoms with Gasteiger partial charge in [0.1, 0.15) is 5.75 Å². The van der Waals surface area contributed by atoms with E-state index in [1.165, 1.54) is 12.1 Å². The molecule has 1 fully saturated rings. The fraction of sp³-hybridized carbons (Fsp3) is 0.538. The van der Waals surface area contributed by atoms with Crippen molar-refractivity contribution in [2.75, 3.05) is 6.61 Å². The van der Waals surface area contributed by atoms with Gasteiger partial charge in [-0.2, -0.15) is 0 Å². The van der Waals surface area contributed by atoms with E-state index in [0.29, 0.717) is 18.6 Å². The number of rotatable bonds is 5. The second-order valence-corrected chi connectivity index (χ2v) is 4.68. The second kappa shape index (κ2) is 6.43. The normalized spacial score (nSPS) is 20.9. The number of halogens is 3. The van der Waals surface area contributed by atoms with Crippen LogP contribution in [-0.4, -0.2) is 19.1 Å². The smallest absolute Gasteiger partial charge is 0.405 e. The molecule has 0 saturated carbocycles. The zero-order valence-corrected chi connectivity index (χ0v) is 10.8. The van der Waals surface area contributed by atoms with Crippen LogP contribution in [0.15, 0.2) is 24.3 Å². The Hall–Kier alpha value is -1.31. The highest BCUT2D eigenvalue weighted by Gasteiger charge is 2.33. The second-order valence-electron chi connectivity index (χ2n) is 4.68. The molecular weight excluding hydrogens is 273 g/mol. The maximum Gasteiger partial charge on any atom is 0.573 e. The van der Waals surface area contributed by atoms with Crippen molar-refractivity contribution in [1.82, 2.24) is 5.43 Å². The van der Waals surface area contributed by atoms with Gasteiger partial charge in [-0.1, -0.05) is 18.2 Å². The Morgan fingerprint density at radius 3 is 2.75 bits per heavy atom. The van der Waals surface area contributed by atoms with E-state index in [9.17, 15) is 13.2 Å². The van der Waals surface area contributed by atoms with E-state index in [4.69, 9.17) is 10.6 Å². The molecule has 0 radical (unpaired) electrons. The van der Waals surface area contributed by atoms with Crippen LogP contribution in [0.5, 0.6) is 5.75 Å². The van der Waals surface area contributed by atoms with E-state index in [-0.39, 0.29) is 11.9 Å². The predicted molar refractivity (Wildman–Crippen MR) is 66.8 cm³/mol. The Labute approximate surface area is 115 Å². The van der Waals surface area contributed by atoms with Gasteiger partial charge < -0.3 is 9.47 Å². The molecular formula is C13H17F3N2O2. The summed E-state index contributed by atoms with van der Waals surface area (Å²) in [7, 11) is 0. The molecule has 3 N–H and O–H groups in total. The highest BCUT2D eigenvalue weighted by molar-refractivity contribution is 5.36. The van der Waals surface area contributed by atoms with Gasteiger partial charge in [-0.3, -0.25) is 11.3 Å². The molecule has 20 heavy (non-hydrogen) atoms. The third-order valence-electron chi connectivity index (χ3n) is 3.24. The molecule has 1 aromatic carbocycles. The van der Waals surface area contributed by atoms with Gasteiger partial charge in [-0.25, -0.2) is 0 Å². The molecule has 2 rings (SSSR count). The Bertz CT molecular complexity index is 434. The SMILES string of the molecule is NNC(CC1CCCO1)c1ccccc1OC(F)(F)F. The first-order valence-electron chi connectivity index (χ1n) is 6.42. The van der Waals surface area contributed by atoms with Crippen molar-refractivity contribution < 1.29 is 22.6 Å². The molecule has 0 aromatic heterocycles. The molecule has 0 bridgehead atoms. The van der Waals surface area contributed by atoms with Crippen LogP contribution in [0, 0.1) is 0 Å². The maximum absolute atomic E-state index is 12.4. The lowest BCUT2D eigenvalue weighted by Gasteiger charge is -2.22. The molecule has 1 heterocycles. The summed E-state index contributed by atoms with van der Waals surface area (Å²) in [6, 6.07) is 5.54. The first-order chi connectivity index (χ1) is 9.49. The minimum absolute atomic E-state index is 0.00925. The van der Waals surface area contributed by atoms with E-state index >= 15 is 0 Å². The minimum atomic E-state index is -4.72. The summed E-state index contributed by atoms with van der Waals surface area (Å²) in [4.78, 5) is 0. The van der Waals surface area contributed by atoms with Crippen molar-refractivity contribution in [2.45, 2.75) is 37.8 Å². The molecule has 1 aliphatic rings. The quantitative estimate of drug-likeness (QED) is 0.646. The number of nitrogens with one attached hydrogen (secondary N) is 1. The first kappa shape index (κ1) is 15.1. The zero-order valence-electron chi connectivity index (χ0n) is 10.8. The summed E-state index contributed by atoms with van der Waals surface area (Å²) in [6.07, 6.45) is -2.35. The zero-order chi connectivity index (χ0) is 14.6. The molecule has 1 saturated heterocycles. The van der Waals surface area contributed by atoms with Crippen LogP contribution in [0.2, 0.25) is 0 Å². The van der Waals surface area contributed by atoms with E-state index in [1.54, 1.807) is 12.1 Å². The van der Waals surface area contributed by atoms with Gasteiger partial charge in [-0.15, -0.1) is 13.2 Å². The molecule has 0 amide bonds. The lowest BCUT2D eigenvalue weighted by molar-refractivity contribution is -0.275. The highest BCUT2D eigenvalue weighted by Crippen LogP contribution is 2.33. The number of alkyl halides is 3. The Balaban J connectivity index is 2.15. The average Bonchev–Trinajstić information content (AvgIpc) is 2.88. The molecule has 1 aromatic rings. The topological polar surface area (TPSA) is 56.5 Å². The lowest BCUT2D eigenvalue weighted by Crippen LogP contribution is -2.31. The largest absolute Gasteiger partial charge is 0.573 e. The maximum atomic E-state index is 12.4. The lowest BCUT2D eigenvalue weighted by atomic mass is 9.99. The fourth-order valence-electron chi connectivity index (χ4n) is 2.36. The van der Waals surface area contributed by atoms with E-state index in [0.717, 1.165) is 12.8 Å². The number of ether oxygens (including phenoxy) is 2. The number of nitrogens with two attached hydrogens (primary N) is 1. The molecule has 2 atom stereocenters. The van der Waals surface area contributed by atoms with Crippen molar-refractivity contribution in [2.24, 2.45) is 5.84 Å². The van der Waals surface area contributed by atoms with Gasteiger partial charge in [0, 0.05) is 12.2 Å². The molecule has 1 aliphatic heterocycles. The first-order valence-corrected chi connectivity index (χ1v) is 6.42. The van der Waals surface area contributed by atoms with Gasteiger partial charge in [0.15, 0.2) is 0 Å². The summed E-state index contributed by atoms with van der Waals surface area (Å²) in [6.45, 7) is 0.683. The third kappa shape index (κ3) is 4.09. The number of hydrogen-bond acceptors (Lipinski definition) is 4. The van der Waals surface area contributed by atoms with Crippen molar-refractivity contribution in [3.8, 4) is 5.75 Å². The van der Waals surface area contributed by atoms with Crippen LogP contribution in [0.3, 0.4) is 0 Å². The molecule has 2 unspecified atom stereocenters. The van der Waals surface area contributed by atoms with Gasteiger partial charge in [0.05, 0.1) is 12.1 Å².